The van der Waals surface area contributed by atoms with E-state index in [2.05, 4.69) is 38.2 Å². The fraction of sp³-hybridized carbons (Fsp3) is 0.714. The minimum absolute atomic E-state index is 0.0957. The lowest BCUT2D eigenvalue weighted by Gasteiger charge is -2.32. The van der Waals surface area contributed by atoms with E-state index in [0.717, 1.165) is 38.3 Å². The van der Waals surface area contributed by atoms with Crippen molar-refractivity contribution >= 4 is 21.6 Å². The van der Waals surface area contributed by atoms with Gasteiger partial charge in [0.05, 0.1) is 24.6 Å². The van der Waals surface area contributed by atoms with Gasteiger partial charge in [-0.3, -0.25) is 9.69 Å². The third kappa shape index (κ3) is 4.28. The highest BCUT2D eigenvalue weighted by Gasteiger charge is 2.19. The van der Waals surface area contributed by atoms with Crippen LogP contribution in [-0.2, 0) is 11.3 Å². The van der Waals surface area contributed by atoms with Crippen LogP contribution in [0.1, 0.15) is 20.3 Å². The lowest BCUT2D eigenvalue weighted by molar-refractivity contribution is -0.0191. The first-order chi connectivity index (χ1) is 10.2. The second-order valence-corrected chi connectivity index (χ2v) is 5.96. The molecule has 0 aliphatic carbocycles. The van der Waals surface area contributed by atoms with Crippen LogP contribution in [0.2, 0.25) is 0 Å². The van der Waals surface area contributed by atoms with Crippen LogP contribution in [-0.4, -0.2) is 53.6 Å². The normalized spacial score (nSPS) is 19.7. The van der Waals surface area contributed by atoms with E-state index < -0.39 is 0 Å². The molecule has 1 saturated heterocycles. The summed E-state index contributed by atoms with van der Waals surface area (Å²) in [6.07, 6.45) is 2.72. The van der Waals surface area contributed by atoms with Crippen molar-refractivity contribution in [2.45, 2.75) is 32.9 Å². The molecule has 1 aliphatic rings. The van der Waals surface area contributed by atoms with Gasteiger partial charge in [-0.15, -0.1) is 0 Å². The minimum atomic E-state index is -0.0957. The average molecular weight is 359 g/mol. The quantitative estimate of drug-likeness (QED) is 0.835. The second-order valence-electron chi connectivity index (χ2n) is 5.17. The molecule has 7 heteroatoms. The summed E-state index contributed by atoms with van der Waals surface area (Å²) in [5.41, 5.74) is 0.631. The number of anilines is 1. The van der Waals surface area contributed by atoms with Gasteiger partial charge in [0.1, 0.15) is 4.47 Å². The van der Waals surface area contributed by atoms with E-state index in [9.17, 15) is 4.79 Å². The summed E-state index contributed by atoms with van der Waals surface area (Å²) in [4.78, 5) is 14.5. The Morgan fingerprint density at radius 2 is 2.33 bits per heavy atom. The van der Waals surface area contributed by atoms with Gasteiger partial charge >= 0.3 is 0 Å². The van der Waals surface area contributed by atoms with Crippen LogP contribution in [0.15, 0.2) is 15.5 Å². The number of nitrogens with one attached hydrogen (secondary N) is 1. The van der Waals surface area contributed by atoms with Gasteiger partial charge in [0.2, 0.25) is 0 Å². The van der Waals surface area contributed by atoms with E-state index in [1.54, 1.807) is 6.20 Å². The summed E-state index contributed by atoms with van der Waals surface area (Å²) >= 11 is 3.36. The standard InChI is InChI=1S/C14H23BrN4O2/c1-3-5-19-14(20)13(15)12(9-17-19)16-8-11-10-18(4-2)6-7-21-11/h9,11,16H,3-8,10H2,1-2H3. The summed E-state index contributed by atoms with van der Waals surface area (Å²) < 4.78 is 7.75. The monoisotopic (exact) mass is 358 g/mol. The van der Waals surface area contributed by atoms with Gasteiger partial charge in [0.15, 0.2) is 0 Å². The lowest BCUT2D eigenvalue weighted by Crippen LogP contribution is -2.45. The maximum atomic E-state index is 12.1. The van der Waals surface area contributed by atoms with E-state index in [1.165, 1.54) is 4.68 Å². The van der Waals surface area contributed by atoms with Gasteiger partial charge in [-0.05, 0) is 28.9 Å². The molecule has 0 aromatic carbocycles. The summed E-state index contributed by atoms with van der Waals surface area (Å²) in [7, 11) is 0. The number of hydrogen-bond acceptors (Lipinski definition) is 5. The molecule has 21 heavy (non-hydrogen) atoms. The Morgan fingerprint density at radius 1 is 1.52 bits per heavy atom. The van der Waals surface area contributed by atoms with Crippen LogP contribution >= 0.6 is 15.9 Å². The van der Waals surface area contributed by atoms with E-state index in [1.807, 2.05) is 6.92 Å². The highest BCUT2D eigenvalue weighted by Crippen LogP contribution is 2.17. The average Bonchev–Trinajstić information content (AvgIpc) is 2.51. The molecule has 2 heterocycles. The van der Waals surface area contributed by atoms with Crippen molar-refractivity contribution in [2.75, 3.05) is 38.1 Å². The van der Waals surface area contributed by atoms with Crippen LogP contribution in [0.4, 0.5) is 5.69 Å². The number of hydrogen-bond donors (Lipinski definition) is 1. The van der Waals surface area contributed by atoms with Crippen molar-refractivity contribution in [1.82, 2.24) is 14.7 Å². The first-order valence-electron chi connectivity index (χ1n) is 7.49. The highest BCUT2D eigenvalue weighted by atomic mass is 79.9. The molecule has 1 aromatic rings. The third-order valence-corrected chi connectivity index (χ3v) is 4.38. The molecule has 1 N–H and O–H groups in total. The van der Waals surface area contributed by atoms with Crippen molar-refractivity contribution in [3.8, 4) is 0 Å². The number of morpholine rings is 1. The summed E-state index contributed by atoms with van der Waals surface area (Å²) in [5.74, 6) is 0. The van der Waals surface area contributed by atoms with Crippen LogP contribution in [0.25, 0.3) is 0 Å². The Labute approximate surface area is 133 Å². The molecule has 1 atom stereocenters. The van der Waals surface area contributed by atoms with Crippen LogP contribution < -0.4 is 10.9 Å². The molecule has 118 valence electrons. The van der Waals surface area contributed by atoms with E-state index in [-0.39, 0.29) is 11.7 Å². The minimum Gasteiger partial charge on any atom is -0.380 e. The predicted octanol–water partition coefficient (Wildman–Crippen LogP) is 1.55. The second kappa shape index (κ2) is 7.91. The molecular weight excluding hydrogens is 336 g/mol. The van der Waals surface area contributed by atoms with Crippen molar-refractivity contribution in [1.29, 1.82) is 0 Å². The molecule has 6 nitrogen and oxygen atoms in total. The third-order valence-electron chi connectivity index (χ3n) is 3.61. The molecule has 0 radical (unpaired) electrons. The van der Waals surface area contributed by atoms with Gasteiger partial charge in [-0.2, -0.15) is 5.10 Å². The molecule has 2 rings (SSSR count). The highest BCUT2D eigenvalue weighted by molar-refractivity contribution is 9.10. The van der Waals surface area contributed by atoms with Gasteiger partial charge in [-0.1, -0.05) is 13.8 Å². The fourth-order valence-corrected chi connectivity index (χ4v) is 2.82. The number of ether oxygens (including phenoxy) is 1. The Bertz CT molecular complexity index is 520. The molecule has 1 unspecified atom stereocenters. The first-order valence-corrected chi connectivity index (χ1v) is 8.28. The zero-order chi connectivity index (χ0) is 15.2. The zero-order valence-corrected chi connectivity index (χ0v) is 14.2. The lowest BCUT2D eigenvalue weighted by atomic mass is 10.2. The number of nitrogens with zero attached hydrogens (tertiary/aromatic N) is 3. The number of halogens is 1. The fourth-order valence-electron chi connectivity index (χ4n) is 2.37. The maximum Gasteiger partial charge on any atom is 0.283 e. The predicted molar refractivity (Wildman–Crippen MR) is 86.8 cm³/mol. The number of likely N-dealkylation sites (N-methyl/N-ethyl adjacent to an activating group) is 1. The summed E-state index contributed by atoms with van der Waals surface area (Å²) in [6, 6.07) is 0. The maximum absolute atomic E-state index is 12.1. The molecule has 0 spiro atoms. The van der Waals surface area contributed by atoms with Gasteiger partial charge in [0, 0.05) is 26.2 Å². The Kier molecular flexibility index (Phi) is 6.20. The zero-order valence-electron chi connectivity index (χ0n) is 12.6. The first kappa shape index (κ1) is 16.5. The SMILES string of the molecule is CCCn1ncc(NCC2CN(CC)CCO2)c(Br)c1=O. The van der Waals surface area contributed by atoms with E-state index in [0.29, 0.717) is 17.6 Å². The van der Waals surface area contributed by atoms with Gasteiger partial charge in [-0.25, -0.2) is 4.68 Å². The number of aromatic nitrogens is 2. The van der Waals surface area contributed by atoms with Gasteiger partial charge < -0.3 is 10.1 Å². The van der Waals surface area contributed by atoms with E-state index in [4.69, 9.17) is 4.74 Å². The smallest absolute Gasteiger partial charge is 0.283 e. The summed E-state index contributed by atoms with van der Waals surface area (Å²) in [6.45, 7) is 9.20. The van der Waals surface area contributed by atoms with Crippen LogP contribution in [0.3, 0.4) is 0 Å². The van der Waals surface area contributed by atoms with Crippen molar-refractivity contribution in [3.05, 3.63) is 21.0 Å². The Hall–Kier alpha value is -0.920. The molecule has 1 aromatic heterocycles. The molecular formula is C14H23BrN4O2. The Morgan fingerprint density at radius 3 is 3.05 bits per heavy atom. The molecule has 1 aliphatic heterocycles. The molecule has 0 saturated carbocycles. The number of aryl methyl sites for hydroxylation is 1. The van der Waals surface area contributed by atoms with Crippen molar-refractivity contribution in [3.63, 3.8) is 0 Å². The van der Waals surface area contributed by atoms with Crippen LogP contribution in [0, 0.1) is 0 Å². The largest absolute Gasteiger partial charge is 0.380 e. The van der Waals surface area contributed by atoms with Crippen LogP contribution in [0.5, 0.6) is 0 Å². The molecule has 0 amide bonds. The van der Waals surface area contributed by atoms with Crippen molar-refractivity contribution < 1.29 is 4.74 Å². The topological polar surface area (TPSA) is 59.4 Å². The molecule has 1 fully saturated rings. The van der Waals surface area contributed by atoms with E-state index >= 15 is 0 Å². The number of rotatable bonds is 6. The molecule has 0 bridgehead atoms. The summed E-state index contributed by atoms with van der Waals surface area (Å²) in [5, 5.41) is 7.45. The van der Waals surface area contributed by atoms with Gasteiger partial charge in [0.25, 0.3) is 5.56 Å². The Balaban J connectivity index is 1.97. The van der Waals surface area contributed by atoms with Crippen molar-refractivity contribution in [2.24, 2.45) is 0 Å².